The van der Waals surface area contributed by atoms with Gasteiger partial charge in [-0.1, -0.05) is 11.6 Å². The zero-order valence-electron chi connectivity index (χ0n) is 6.67. The Bertz CT molecular complexity index is 257. The lowest BCUT2D eigenvalue weighted by Crippen LogP contribution is -2.04. The number of hydrogen-bond acceptors (Lipinski definition) is 2. The molecule has 0 amide bonds. The summed E-state index contributed by atoms with van der Waals surface area (Å²) in [6.07, 6.45) is 1.96. The molecule has 0 saturated carbocycles. The fourth-order valence-electron chi connectivity index (χ4n) is 0.804. The van der Waals surface area contributed by atoms with Gasteiger partial charge in [0.2, 0.25) is 0 Å². The standard InChI is InChI=1S/C7H8ClFN2.2ClH/c8-7-6(9)5(1-3-10)2-4-11-7;;/h2,4H,1,3,10H2;2*1H. The highest BCUT2D eigenvalue weighted by Gasteiger charge is 2.05. The van der Waals surface area contributed by atoms with E-state index in [2.05, 4.69) is 4.98 Å². The molecule has 0 spiro atoms. The second-order valence-electron chi connectivity index (χ2n) is 2.11. The average molecular weight is 248 g/mol. The molecule has 0 aliphatic heterocycles. The summed E-state index contributed by atoms with van der Waals surface area (Å²) < 4.78 is 12.9. The molecule has 1 aromatic heterocycles. The normalized spacial score (nSPS) is 8.54. The third-order valence-corrected chi connectivity index (χ3v) is 1.60. The SMILES string of the molecule is Cl.Cl.NCCc1ccnc(Cl)c1F. The largest absolute Gasteiger partial charge is 0.330 e. The molecule has 2 nitrogen and oxygen atoms in total. The minimum Gasteiger partial charge on any atom is -0.330 e. The first-order chi connectivity index (χ1) is 5.25. The highest BCUT2D eigenvalue weighted by molar-refractivity contribution is 6.29. The molecule has 76 valence electrons. The molecule has 1 heterocycles. The van der Waals surface area contributed by atoms with Crippen molar-refractivity contribution in [2.45, 2.75) is 6.42 Å². The number of nitrogens with zero attached hydrogens (tertiary/aromatic N) is 1. The quantitative estimate of drug-likeness (QED) is 0.814. The van der Waals surface area contributed by atoms with E-state index in [4.69, 9.17) is 17.3 Å². The molecule has 13 heavy (non-hydrogen) atoms. The Morgan fingerprint density at radius 1 is 1.46 bits per heavy atom. The Morgan fingerprint density at radius 3 is 2.62 bits per heavy atom. The van der Waals surface area contributed by atoms with Crippen LogP contribution in [0.25, 0.3) is 0 Å². The first-order valence-corrected chi connectivity index (χ1v) is 3.62. The third kappa shape index (κ3) is 4.09. The Labute approximate surface area is 93.5 Å². The van der Waals surface area contributed by atoms with Gasteiger partial charge in [-0.25, -0.2) is 9.37 Å². The molecule has 2 N–H and O–H groups in total. The van der Waals surface area contributed by atoms with Crippen LogP contribution in [0.2, 0.25) is 5.15 Å². The van der Waals surface area contributed by atoms with Crippen molar-refractivity contribution in [3.05, 3.63) is 28.8 Å². The van der Waals surface area contributed by atoms with Crippen molar-refractivity contribution in [3.63, 3.8) is 0 Å². The highest BCUT2D eigenvalue weighted by Crippen LogP contribution is 2.14. The predicted molar refractivity (Wildman–Crippen MR) is 56.5 cm³/mol. The van der Waals surface area contributed by atoms with Gasteiger partial charge in [-0.2, -0.15) is 0 Å². The Morgan fingerprint density at radius 2 is 2.08 bits per heavy atom. The van der Waals surface area contributed by atoms with E-state index in [1.165, 1.54) is 6.20 Å². The summed E-state index contributed by atoms with van der Waals surface area (Å²) in [5.74, 6) is -0.459. The Kier molecular flexibility index (Phi) is 8.67. The lowest BCUT2D eigenvalue weighted by molar-refractivity contribution is 0.603. The lowest BCUT2D eigenvalue weighted by Gasteiger charge is -2.00. The van der Waals surface area contributed by atoms with Gasteiger partial charge in [-0.15, -0.1) is 24.8 Å². The first kappa shape index (κ1) is 15.4. The van der Waals surface area contributed by atoms with Crippen LogP contribution >= 0.6 is 36.4 Å². The van der Waals surface area contributed by atoms with E-state index in [9.17, 15) is 4.39 Å². The fourth-order valence-corrected chi connectivity index (χ4v) is 0.981. The molecule has 0 bridgehead atoms. The molecular weight excluding hydrogens is 237 g/mol. The minimum atomic E-state index is -0.459. The van der Waals surface area contributed by atoms with Crippen molar-refractivity contribution in [1.29, 1.82) is 0 Å². The summed E-state index contributed by atoms with van der Waals surface area (Å²) in [4.78, 5) is 3.57. The molecule has 0 unspecified atom stereocenters. The Hall–Kier alpha value is -0.0900. The molecule has 0 radical (unpaired) electrons. The van der Waals surface area contributed by atoms with E-state index in [1.807, 2.05) is 0 Å². The van der Waals surface area contributed by atoms with Crippen LogP contribution in [0, 0.1) is 5.82 Å². The monoisotopic (exact) mass is 246 g/mol. The minimum absolute atomic E-state index is 0. The highest BCUT2D eigenvalue weighted by atomic mass is 35.5. The van der Waals surface area contributed by atoms with E-state index < -0.39 is 5.82 Å². The van der Waals surface area contributed by atoms with E-state index >= 15 is 0 Å². The maximum absolute atomic E-state index is 12.9. The molecule has 0 aliphatic rings. The van der Waals surface area contributed by atoms with Gasteiger partial charge in [-0.05, 0) is 24.6 Å². The summed E-state index contributed by atoms with van der Waals surface area (Å²) in [6.45, 7) is 0.414. The van der Waals surface area contributed by atoms with Crippen LogP contribution in [0.4, 0.5) is 4.39 Å². The number of aromatic nitrogens is 1. The molecule has 1 aromatic rings. The topological polar surface area (TPSA) is 38.9 Å². The number of pyridine rings is 1. The summed E-state index contributed by atoms with van der Waals surface area (Å²) in [5, 5.41) is -0.0871. The molecule has 0 saturated heterocycles. The maximum atomic E-state index is 12.9. The molecule has 1 rings (SSSR count). The van der Waals surface area contributed by atoms with Crippen LogP contribution in [-0.4, -0.2) is 11.5 Å². The number of hydrogen-bond donors (Lipinski definition) is 1. The van der Waals surface area contributed by atoms with Crippen molar-refractivity contribution in [1.82, 2.24) is 4.98 Å². The van der Waals surface area contributed by atoms with Crippen molar-refractivity contribution >= 4 is 36.4 Å². The second-order valence-corrected chi connectivity index (χ2v) is 2.47. The van der Waals surface area contributed by atoms with Crippen LogP contribution in [0.1, 0.15) is 5.56 Å². The van der Waals surface area contributed by atoms with Gasteiger partial charge in [0.15, 0.2) is 11.0 Å². The predicted octanol–water partition coefficient (Wildman–Crippen LogP) is 2.22. The van der Waals surface area contributed by atoms with Gasteiger partial charge in [0.25, 0.3) is 0 Å². The van der Waals surface area contributed by atoms with E-state index in [-0.39, 0.29) is 30.0 Å². The average Bonchev–Trinajstić information content (AvgIpc) is 1.99. The van der Waals surface area contributed by atoms with Crippen LogP contribution in [-0.2, 0) is 6.42 Å². The van der Waals surface area contributed by atoms with Gasteiger partial charge in [0.05, 0.1) is 0 Å². The van der Waals surface area contributed by atoms with E-state index in [1.54, 1.807) is 6.07 Å². The lowest BCUT2D eigenvalue weighted by atomic mass is 10.2. The summed E-state index contributed by atoms with van der Waals surface area (Å²) in [7, 11) is 0. The molecule has 0 fully saturated rings. The van der Waals surface area contributed by atoms with Gasteiger partial charge >= 0.3 is 0 Å². The van der Waals surface area contributed by atoms with Crippen LogP contribution in [0.15, 0.2) is 12.3 Å². The van der Waals surface area contributed by atoms with E-state index in [0.29, 0.717) is 18.5 Å². The zero-order valence-corrected chi connectivity index (χ0v) is 9.05. The molecule has 0 aromatic carbocycles. The van der Waals surface area contributed by atoms with Crippen molar-refractivity contribution < 1.29 is 4.39 Å². The molecule has 0 atom stereocenters. The second kappa shape index (κ2) is 7.33. The van der Waals surface area contributed by atoms with Crippen molar-refractivity contribution in [2.75, 3.05) is 6.54 Å². The van der Waals surface area contributed by atoms with Crippen LogP contribution in [0.5, 0.6) is 0 Å². The first-order valence-electron chi connectivity index (χ1n) is 3.24. The summed E-state index contributed by atoms with van der Waals surface area (Å²) in [6, 6.07) is 1.58. The summed E-state index contributed by atoms with van der Waals surface area (Å²) >= 11 is 5.42. The van der Waals surface area contributed by atoms with Crippen LogP contribution < -0.4 is 5.73 Å². The number of halogens is 4. The van der Waals surface area contributed by atoms with Gasteiger partial charge < -0.3 is 5.73 Å². The molecular formula is C7H10Cl3FN2. The number of rotatable bonds is 2. The van der Waals surface area contributed by atoms with Gasteiger partial charge in [0.1, 0.15) is 0 Å². The maximum Gasteiger partial charge on any atom is 0.164 e. The summed E-state index contributed by atoms with van der Waals surface area (Å²) in [5.41, 5.74) is 5.77. The zero-order chi connectivity index (χ0) is 8.27. The van der Waals surface area contributed by atoms with Crippen LogP contribution in [0.3, 0.4) is 0 Å². The third-order valence-electron chi connectivity index (χ3n) is 1.34. The van der Waals surface area contributed by atoms with Crippen molar-refractivity contribution in [3.8, 4) is 0 Å². The Balaban J connectivity index is 0. The van der Waals surface area contributed by atoms with E-state index in [0.717, 1.165) is 0 Å². The van der Waals surface area contributed by atoms with Gasteiger partial charge in [-0.3, -0.25) is 0 Å². The number of nitrogens with two attached hydrogens (primary N) is 1. The fraction of sp³-hybridized carbons (Fsp3) is 0.286. The smallest absolute Gasteiger partial charge is 0.164 e. The molecule has 6 heteroatoms. The van der Waals surface area contributed by atoms with Gasteiger partial charge in [0, 0.05) is 6.20 Å². The molecule has 0 aliphatic carbocycles. The van der Waals surface area contributed by atoms with Crippen molar-refractivity contribution in [2.24, 2.45) is 5.73 Å².